The van der Waals surface area contributed by atoms with Gasteiger partial charge in [-0.15, -0.1) is 0 Å². The molecule has 14 heteroatoms. The number of alkyl halides is 13. The second-order valence-corrected chi connectivity index (χ2v) is 7.92. The number of aryl methyl sites for hydroxylation is 1. The van der Waals surface area contributed by atoms with Gasteiger partial charge in [0.05, 0.1) is 12.0 Å². The summed E-state index contributed by atoms with van der Waals surface area (Å²) in [4.78, 5) is 0. The van der Waals surface area contributed by atoms with Crippen LogP contribution in [0.25, 0.3) is 0 Å². The van der Waals surface area contributed by atoms with E-state index in [-0.39, 0.29) is 5.56 Å². The van der Waals surface area contributed by atoms with Crippen molar-refractivity contribution in [2.45, 2.75) is 80.9 Å². The molecule has 1 nitrogen and oxygen atoms in total. The maximum Gasteiger partial charge on any atom is 0.460 e. The molecule has 1 unspecified atom stereocenters. The van der Waals surface area contributed by atoms with Gasteiger partial charge in [0.25, 0.3) is 0 Å². The highest BCUT2D eigenvalue weighted by Gasteiger charge is 2.90. The molecule has 0 heterocycles. The van der Waals surface area contributed by atoms with Gasteiger partial charge < -0.3 is 4.74 Å². The van der Waals surface area contributed by atoms with Crippen LogP contribution in [0.2, 0.25) is 0 Å². The molecule has 0 aliphatic heterocycles. The van der Waals surface area contributed by atoms with Crippen LogP contribution < -0.4 is 0 Å². The first-order chi connectivity index (χ1) is 15.1. The first kappa shape index (κ1) is 30.3. The number of ether oxygens (including phenoxy) is 1. The molecule has 0 N–H and O–H groups in total. The Kier molecular flexibility index (Phi) is 8.36. The van der Waals surface area contributed by atoms with E-state index < -0.39 is 47.8 Å². The predicted molar refractivity (Wildman–Crippen MR) is 94.8 cm³/mol. The van der Waals surface area contributed by atoms with Gasteiger partial charge >= 0.3 is 35.8 Å². The third-order valence-corrected chi connectivity index (χ3v) is 5.36. The molecule has 0 fully saturated rings. The van der Waals surface area contributed by atoms with Gasteiger partial charge in [-0.2, -0.15) is 57.1 Å². The summed E-state index contributed by atoms with van der Waals surface area (Å²) in [6.07, 6.45) is -8.17. The Morgan fingerprint density at radius 1 is 0.735 bits per heavy atom. The van der Waals surface area contributed by atoms with Gasteiger partial charge in [-0.25, -0.2) is 0 Å². The van der Waals surface area contributed by atoms with Crippen LogP contribution >= 0.6 is 0 Å². The lowest BCUT2D eigenvalue weighted by molar-refractivity contribution is -0.441. The molecule has 0 amide bonds. The van der Waals surface area contributed by atoms with E-state index in [1.54, 1.807) is 0 Å². The fourth-order valence-electron chi connectivity index (χ4n) is 3.07. The van der Waals surface area contributed by atoms with Crippen molar-refractivity contribution in [1.29, 1.82) is 0 Å². The van der Waals surface area contributed by atoms with Crippen LogP contribution in [-0.2, 0) is 16.8 Å². The number of hydrogen-bond acceptors (Lipinski definition) is 1. The minimum Gasteiger partial charge on any atom is -0.374 e. The van der Waals surface area contributed by atoms with Crippen molar-refractivity contribution in [1.82, 2.24) is 0 Å². The third-order valence-electron chi connectivity index (χ3n) is 5.36. The molecule has 1 aromatic rings. The quantitative estimate of drug-likeness (QED) is 0.267. The highest BCUT2D eigenvalue weighted by Crippen LogP contribution is 2.61. The standard InChI is InChI=1S/C20H21F13O/c1-4-5-7-12-8-6-9-13(10-12)14(2,34-3)11-15(21,22)16(23,24)17(25,26)18(27,28)19(29,30)20(31,32)33/h6,8-10H,4-5,7,11H2,1-3H3. The fourth-order valence-corrected chi connectivity index (χ4v) is 3.07. The number of rotatable bonds is 11. The number of unbranched alkanes of at least 4 members (excludes halogenated alkanes) is 1. The van der Waals surface area contributed by atoms with Crippen molar-refractivity contribution >= 4 is 0 Å². The maximum absolute atomic E-state index is 14.4. The molecule has 0 radical (unpaired) electrons. The molecular formula is C20H21F13O. The minimum absolute atomic E-state index is 0.269. The van der Waals surface area contributed by atoms with E-state index in [9.17, 15) is 57.1 Å². The maximum atomic E-state index is 14.4. The van der Waals surface area contributed by atoms with Crippen LogP contribution in [0.15, 0.2) is 24.3 Å². The van der Waals surface area contributed by atoms with E-state index in [2.05, 4.69) is 0 Å². The largest absolute Gasteiger partial charge is 0.460 e. The van der Waals surface area contributed by atoms with Crippen molar-refractivity contribution in [2.75, 3.05) is 7.11 Å². The van der Waals surface area contributed by atoms with Crippen LogP contribution in [0.5, 0.6) is 0 Å². The van der Waals surface area contributed by atoms with E-state index in [4.69, 9.17) is 4.74 Å². The smallest absolute Gasteiger partial charge is 0.374 e. The Hall–Kier alpha value is -1.73. The zero-order valence-electron chi connectivity index (χ0n) is 18.0. The summed E-state index contributed by atoms with van der Waals surface area (Å²) in [5.74, 6) is -37.1. The average Bonchev–Trinajstić information content (AvgIpc) is 2.70. The van der Waals surface area contributed by atoms with Gasteiger partial charge in [-0.1, -0.05) is 37.6 Å². The molecule has 0 bridgehead atoms. The van der Waals surface area contributed by atoms with Gasteiger partial charge in [-0.3, -0.25) is 0 Å². The second kappa shape index (κ2) is 9.38. The second-order valence-electron chi connectivity index (χ2n) is 7.92. The summed E-state index contributed by atoms with van der Waals surface area (Å²) >= 11 is 0. The van der Waals surface area contributed by atoms with E-state index in [1.165, 1.54) is 18.2 Å². The van der Waals surface area contributed by atoms with Crippen LogP contribution in [0, 0.1) is 0 Å². The molecular weight excluding hydrogens is 503 g/mol. The Morgan fingerprint density at radius 3 is 1.68 bits per heavy atom. The minimum atomic E-state index is -7.92. The number of methoxy groups -OCH3 is 1. The lowest BCUT2D eigenvalue weighted by Gasteiger charge is -2.42. The molecule has 34 heavy (non-hydrogen) atoms. The van der Waals surface area contributed by atoms with E-state index in [0.29, 0.717) is 31.9 Å². The SMILES string of the molecule is CCCCc1cccc(C(C)(CC(F)(F)C(F)(F)C(F)(F)C(F)(F)C(F)(F)C(F)(F)F)OC)c1. The number of benzene rings is 1. The van der Waals surface area contributed by atoms with Crippen molar-refractivity contribution in [3.8, 4) is 0 Å². The zero-order chi connectivity index (χ0) is 27.0. The summed E-state index contributed by atoms with van der Waals surface area (Å²) in [7, 11) is 0.706. The van der Waals surface area contributed by atoms with Gasteiger partial charge in [0.1, 0.15) is 0 Å². The van der Waals surface area contributed by atoms with Crippen LogP contribution in [0.4, 0.5) is 57.1 Å². The molecule has 0 aliphatic carbocycles. The molecule has 198 valence electrons. The summed E-state index contributed by atoms with van der Waals surface area (Å²) in [5.41, 5.74) is -2.32. The molecule has 1 aromatic carbocycles. The van der Waals surface area contributed by atoms with E-state index in [0.717, 1.165) is 13.0 Å². The highest BCUT2D eigenvalue weighted by atomic mass is 19.4. The molecule has 0 saturated heterocycles. The van der Waals surface area contributed by atoms with Crippen molar-refractivity contribution in [3.05, 3.63) is 35.4 Å². The van der Waals surface area contributed by atoms with Crippen LogP contribution in [-0.4, -0.2) is 42.9 Å². The van der Waals surface area contributed by atoms with Crippen LogP contribution in [0.3, 0.4) is 0 Å². The fraction of sp³-hybridized carbons (Fsp3) is 0.700. The summed E-state index contributed by atoms with van der Waals surface area (Å²) in [6, 6.07) is 5.10. The van der Waals surface area contributed by atoms with E-state index >= 15 is 0 Å². The molecule has 0 aliphatic rings. The Balaban J connectivity index is 3.48. The molecule has 1 atom stereocenters. The summed E-state index contributed by atoms with van der Waals surface area (Å²) in [5, 5.41) is 0. The highest BCUT2D eigenvalue weighted by molar-refractivity contribution is 5.29. The number of hydrogen-bond donors (Lipinski definition) is 0. The van der Waals surface area contributed by atoms with Gasteiger partial charge in [0, 0.05) is 7.11 Å². The van der Waals surface area contributed by atoms with Crippen molar-refractivity contribution in [2.24, 2.45) is 0 Å². The average molecular weight is 524 g/mol. The van der Waals surface area contributed by atoms with Gasteiger partial charge in [0.2, 0.25) is 0 Å². The van der Waals surface area contributed by atoms with Crippen molar-refractivity contribution < 1.29 is 61.8 Å². The molecule has 1 rings (SSSR count). The van der Waals surface area contributed by atoms with E-state index in [1.807, 2.05) is 6.92 Å². The van der Waals surface area contributed by atoms with Gasteiger partial charge in [0.15, 0.2) is 0 Å². The first-order valence-corrected chi connectivity index (χ1v) is 9.66. The normalized spacial score (nSPS) is 16.5. The number of halogens is 13. The lowest BCUT2D eigenvalue weighted by atomic mass is 9.83. The summed E-state index contributed by atoms with van der Waals surface area (Å²) in [6.45, 7) is 2.54. The third kappa shape index (κ3) is 4.97. The van der Waals surface area contributed by atoms with Gasteiger partial charge in [-0.05, 0) is 30.9 Å². The molecule has 0 saturated carbocycles. The lowest BCUT2D eigenvalue weighted by Crippen LogP contribution is -2.70. The molecule has 0 aromatic heterocycles. The zero-order valence-corrected chi connectivity index (χ0v) is 18.0. The Bertz CT molecular complexity index is 832. The predicted octanol–water partition coefficient (Wildman–Crippen LogP) is 8.02. The first-order valence-electron chi connectivity index (χ1n) is 9.66. The van der Waals surface area contributed by atoms with Crippen molar-refractivity contribution in [3.63, 3.8) is 0 Å². The Labute approximate surface area is 186 Å². The topological polar surface area (TPSA) is 9.23 Å². The Morgan fingerprint density at radius 2 is 1.24 bits per heavy atom. The monoisotopic (exact) mass is 524 g/mol. The summed E-state index contributed by atoms with van der Waals surface area (Å²) < 4.78 is 179. The molecule has 0 spiro atoms. The van der Waals surface area contributed by atoms with Crippen LogP contribution in [0.1, 0.15) is 44.2 Å².